The molecule has 1 heterocycles. The number of hydrogen-bond donors (Lipinski definition) is 2. The van der Waals surface area contributed by atoms with Gasteiger partial charge in [0.1, 0.15) is 0 Å². The second kappa shape index (κ2) is 7.15. The van der Waals surface area contributed by atoms with Crippen LogP contribution in [0.5, 0.6) is 11.5 Å². The summed E-state index contributed by atoms with van der Waals surface area (Å²) in [6.07, 6.45) is 1.71. The lowest BCUT2D eigenvalue weighted by atomic mass is 10.2. The average Bonchev–Trinajstić information content (AvgIpc) is 2.58. The quantitative estimate of drug-likeness (QED) is 0.672. The number of aromatic hydroxyl groups is 2. The summed E-state index contributed by atoms with van der Waals surface area (Å²) in [5, 5.41) is 25.3. The van der Waals surface area contributed by atoms with Crippen molar-refractivity contribution in [3.63, 3.8) is 0 Å². The molecule has 1 aliphatic rings. The Morgan fingerprint density at radius 2 is 1.65 bits per heavy atom. The molecule has 0 atom stereocenters. The lowest BCUT2D eigenvalue weighted by Gasteiger charge is -2.33. The molecule has 1 aliphatic heterocycles. The number of hydrogen-bond acceptors (Lipinski definition) is 5. The molecule has 3 rings (SSSR count). The first-order valence-electron chi connectivity index (χ1n) is 7.78. The van der Waals surface area contributed by atoms with Crippen molar-refractivity contribution < 1.29 is 10.2 Å². The first-order valence-corrected chi connectivity index (χ1v) is 7.78. The molecule has 0 saturated carbocycles. The summed E-state index contributed by atoms with van der Waals surface area (Å²) < 4.78 is 0. The number of hydrazone groups is 1. The second-order valence-electron chi connectivity index (χ2n) is 5.71. The van der Waals surface area contributed by atoms with E-state index >= 15 is 0 Å². The van der Waals surface area contributed by atoms with E-state index in [1.165, 1.54) is 17.7 Å². The van der Waals surface area contributed by atoms with Gasteiger partial charge in [-0.25, -0.2) is 0 Å². The molecule has 120 valence electrons. The fraction of sp³-hybridized carbons (Fsp3) is 0.278. The Hall–Kier alpha value is -2.53. The van der Waals surface area contributed by atoms with Gasteiger partial charge in [0.2, 0.25) is 0 Å². The van der Waals surface area contributed by atoms with E-state index < -0.39 is 0 Å². The van der Waals surface area contributed by atoms with Crippen molar-refractivity contribution in [2.24, 2.45) is 5.10 Å². The van der Waals surface area contributed by atoms with E-state index in [-0.39, 0.29) is 11.5 Å². The predicted molar refractivity (Wildman–Crippen MR) is 90.7 cm³/mol. The summed E-state index contributed by atoms with van der Waals surface area (Å²) in [5.41, 5.74) is 2.11. The standard InChI is InChI=1S/C18H21N3O2/c22-17-7-6-16(12-18(17)23)13-19-21-10-8-20(9-11-21)14-15-4-2-1-3-5-15/h1-7,12-13,22-23H,8-11,14H2. The summed E-state index contributed by atoms with van der Waals surface area (Å²) in [4.78, 5) is 2.42. The molecule has 2 aromatic rings. The Labute approximate surface area is 136 Å². The van der Waals surface area contributed by atoms with Crippen LogP contribution in [0.1, 0.15) is 11.1 Å². The maximum absolute atomic E-state index is 9.48. The lowest BCUT2D eigenvalue weighted by Crippen LogP contribution is -2.43. The van der Waals surface area contributed by atoms with Crippen molar-refractivity contribution in [3.05, 3.63) is 59.7 Å². The lowest BCUT2D eigenvalue weighted by molar-refractivity contribution is 0.131. The summed E-state index contributed by atoms with van der Waals surface area (Å²) in [7, 11) is 0. The van der Waals surface area contributed by atoms with Crippen LogP contribution >= 0.6 is 0 Å². The zero-order valence-electron chi connectivity index (χ0n) is 13.0. The Balaban J connectivity index is 1.50. The Morgan fingerprint density at radius 1 is 0.913 bits per heavy atom. The van der Waals surface area contributed by atoms with E-state index in [9.17, 15) is 10.2 Å². The van der Waals surface area contributed by atoms with Crippen molar-refractivity contribution in [1.82, 2.24) is 9.91 Å². The van der Waals surface area contributed by atoms with Crippen molar-refractivity contribution in [2.75, 3.05) is 26.2 Å². The molecule has 0 aliphatic carbocycles. The van der Waals surface area contributed by atoms with Crippen molar-refractivity contribution in [3.8, 4) is 11.5 Å². The molecule has 23 heavy (non-hydrogen) atoms. The second-order valence-corrected chi connectivity index (χ2v) is 5.71. The Kier molecular flexibility index (Phi) is 4.78. The molecule has 2 aromatic carbocycles. The van der Waals surface area contributed by atoms with E-state index in [4.69, 9.17) is 0 Å². The van der Waals surface area contributed by atoms with Crippen LogP contribution in [-0.2, 0) is 6.54 Å². The molecule has 0 bridgehead atoms. The molecule has 1 fully saturated rings. The minimum Gasteiger partial charge on any atom is -0.504 e. The van der Waals surface area contributed by atoms with E-state index in [2.05, 4.69) is 34.3 Å². The number of piperazine rings is 1. The van der Waals surface area contributed by atoms with Crippen LogP contribution in [0.4, 0.5) is 0 Å². The normalized spacial score (nSPS) is 16.1. The van der Waals surface area contributed by atoms with Gasteiger partial charge in [-0.15, -0.1) is 0 Å². The molecular weight excluding hydrogens is 290 g/mol. The Morgan fingerprint density at radius 3 is 2.35 bits per heavy atom. The fourth-order valence-corrected chi connectivity index (χ4v) is 2.62. The topological polar surface area (TPSA) is 59.3 Å². The van der Waals surface area contributed by atoms with Crippen molar-refractivity contribution in [2.45, 2.75) is 6.54 Å². The highest BCUT2D eigenvalue weighted by atomic mass is 16.3. The third-order valence-corrected chi connectivity index (χ3v) is 3.97. The van der Waals surface area contributed by atoms with Crippen molar-refractivity contribution >= 4 is 6.21 Å². The highest BCUT2D eigenvalue weighted by molar-refractivity contribution is 5.80. The zero-order valence-corrected chi connectivity index (χ0v) is 13.0. The van der Waals surface area contributed by atoms with Crippen LogP contribution in [-0.4, -0.2) is 52.5 Å². The number of phenols is 2. The first kappa shape index (κ1) is 15.4. The van der Waals surface area contributed by atoms with E-state index in [0.717, 1.165) is 38.3 Å². The van der Waals surface area contributed by atoms with E-state index in [1.807, 2.05) is 11.1 Å². The van der Waals surface area contributed by atoms with Gasteiger partial charge in [0.15, 0.2) is 11.5 Å². The molecule has 0 aromatic heterocycles. The minimum absolute atomic E-state index is 0.114. The molecule has 5 heteroatoms. The molecule has 0 amide bonds. The van der Waals surface area contributed by atoms with Crippen LogP contribution in [0.25, 0.3) is 0 Å². The van der Waals surface area contributed by atoms with Gasteiger partial charge < -0.3 is 10.2 Å². The molecule has 2 N–H and O–H groups in total. The molecule has 1 saturated heterocycles. The highest BCUT2D eigenvalue weighted by Gasteiger charge is 2.15. The fourth-order valence-electron chi connectivity index (χ4n) is 2.62. The first-order chi connectivity index (χ1) is 11.2. The van der Waals surface area contributed by atoms with Crippen LogP contribution in [0.3, 0.4) is 0 Å². The highest BCUT2D eigenvalue weighted by Crippen LogP contribution is 2.24. The monoisotopic (exact) mass is 311 g/mol. The smallest absolute Gasteiger partial charge is 0.158 e. The summed E-state index contributed by atoms with van der Waals surface area (Å²) in [6.45, 7) is 4.70. The van der Waals surface area contributed by atoms with Gasteiger partial charge in [0.05, 0.1) is 6.21 Å². The largest absolute Gasteiger partial charge is 0.504 e. The van der Waals surface area contributed by atoms with Crippen molar-refractivity contribution in [1.29, 1.82) is 0 Å². The van der Waals surface area contributed by atoms with Crippen LogP contribution in [0.15, 0.2) is 53.6 Å². The van der Waals surface area contributed by atoms with Gasteiger partial charge in [-0.2, -0.15) is 5.10 Å². The molecule has 5 nitrogen and oxygen atoms in total. The zero-order chi connectivity index (χ0) is 16.1. The SMILES string of the molecule is Oc1ccc(C=NN2CCN(Cc3ccccc3)CC2)cc1O. The maximum Gasteiger partial charge on any atom is 0.158 e. The maximum atomic E-state index is 9.48. The third-order valence-electron chi connectivity index (χ3n) is 3.97. The van der Waals surface area contributed by atoms with Gasteiger partial charge in [-0.1, -0.05) is 30.3 Å². The van der Waals surface area contributed by atoms with Crippen LogP contribution < -0.4 is 0 Å². The molecule has 0 unspecified atom stereocenters. The number of rotatable bonds is 4. The molecular formula is C18H21N3O2. The van der Waals surface area contributed by atoms with Crippen LogP contribution in [0, 0.1) is 0 Å². The summed E-state index contributed by atoms with van der Waals surface area (Å²) in [5.74, 6) is -0.238. The Bertz CT molecular complexity index is 665. The van der Waals surface area contributed by atoms with Gasteiger partial charge in [0.25, 0.3) is 0 Å². The average molecular weight is 311 g/mol. The number of phenolic OH excluding ortho intramolecular Hbond substituents is 2. The van der Waals surface area contributed by atoms with Gasteiger partial charge in [-0.3, -0.25) is 9.91 Å². The van der Waals surface area contributed by atoms with Gasteiger partial charge in [-0.05, 0) is 29.3 Å². The number of benzene rings is 2. The molecule has 0 spiro atoms. The third kappa shape index (κ3) is 4.23. The molecule has 0 radical (unpaired) electrons. The van der Waals surface area contributed by atoms with E-state index in [0.29, 0.717) is 0 Å². The summed E-state index contributed by atoms with van der Waals surface area (Å²) >= 11 is 0. The van der Waals surface area contributed by atoms with Gasteiger partial charge in [0, 0.05) is 32.7 Å². The number of nitrogens with zero attached hydrogens (tertiary/aromatic N) is 3. The van der Waals surface area contributed by atoms with Gasteiger partial charge >= 0.3 is 0 Å². The summed E-state index contributed by atoms with van der Waals surface area (Å²) in [6, 6.07) is 15.2. The van der Waals surface area contributed by atoms with Crippen LogP contribution in [0.2, 0.25) is 0 Å². The van der Waals surface area contributed by atoms with E-state index in [1.54, 1.807) is 12.3 Å². The predicted octanol–water partition coefficient (Wildman–Crippen LogP) is 2.25. The minimum atomic E-state index is -0.123.